The third kappa shape index (κ3) is 3.76. The highest BCUT2D eigenvalue weighted by Gasteiger charge is 2.37. The maximum absolute atomic E-state index is 12.7. The summed E-state index contributed by atoms with van der Waals surface area (Å²) in [5, 5.41) is 0. The molecular weight excluding hydrogens is 272 g/mol. The number of hydrogen-bond donors (Lipinski definition) is 0. The lowest BCUT2D eigenvalue weighted by Crippen LogP contribution is -2.43. The molecule has 3 nitrogen and oxygen atoms in total. The molecule has 0 spiro atoms. The Labute approximate surface area is 133 Å². The molecule has 1 aromatic rings. The smallest absolute Gasteiger partial charge is 0.247 e. The van der Waals surface area contributed by atoms with Crippen LogP contribution >= 0.6 is 0 Å². The Kier molecular flexibility index (Phi) is 4.91. The zero-order chi connectivity index (χ0) is 15.4. The van der Waals surface area contributed by atoms with Gasteiger partial charge in [-0.2, -0.15) is 0 Å². The van der Waals surface area contributed by atoms with E-state index >= 15 is 0 Å². The monoisotopic (exact) mass is 298 g/mol. The average molecular weight is 298 g/mol. The van der Waals surface area contributed by atoms with Gasteiger partial charge in [0.2, 0.25) is 5.91 Å². The molecular formula is C19H26N2O. The first kappa shape index (κ1) is 15.3. The van der Waals surface area contributed by atoms with E-state index in [2.05, 4.69) is 16.8 Å². The van der Waals surface area contributed by atoms with E-state index in [1.165, 1.54) is 44.9 Å². The number of carbonyl (C=O) groups excluding carboxylic acids is 1. The highest BCUT2D eigenvalue weighted by Crippen LogP contribution is 2.36. The predicted octanol–water partition coefficient (Wildman–Crippen LogP) is 4.05. The molecule has 0 radical (unpaired) electrons. The Hall–Kier alpha value is -1.64. The van der Waals surface area contributed by atoms with Gasteiger partial charge < -0.3 is 4.90 Å². The molecule has 2 fully saturated rings. The SMILES string of the molecule is CCC1CCC(N(C(=O)/C=C/c2cccnc2)C2CC2)CC1. The second-order valence-electron chi connectivity index (χ2n) is 6.68. The summed E-state index contributed by atoms with van der Waals surface area (Å²) in [7, 11) is 0. The normalized spacial score (nSPS) is 25.3. The Balaban J connectivity index is 1.64. The summed E-state index contributed by atoms with van der Waals surface area (Å²) in [4.78, 5) is 18.9. The molecule has 0 atom stereocenters. The number of nitrogens with zero attached hydrogens (tertiary/aromatic N) is 2. The minimum atomic E-state index is 0.186. The molecule has 22 heavy (non-hydrogen) atoms. The molecule has 2 saturated carbocycles. The van der Waals surface area contributed by atoms with E-state index in [4.69, 9.17) is 0 Å². The first-order valence-electron chi connectivity index (χ1n) is 8.68. The van der Waals surface area contributed by atoms with Crippen LogP contribution in [0.2, 0.25) is 0 Å². The van der Waals surface area contributed by atoms with Crippen molar-refractivity contribution in [3.05, 3.63) is 36.2 Å². The summed E-state index contributed by atoms with van der Waals surface area (Å²) in [6, 6.07) is 4.83. The third-order valence-electron chi connectivity index (χ3n) is 5.08. The fourth-order valence-corrected chi connectivity index (χ4v) is 3.57. The van der Waals surface area contributed by atoms with Gasteiger partial charge in [-0.25, -0.2) is 0 Å². The second kappa shape index (κ2) is 7.08. The van der Waals surface area contributed by atoms with E-state index in [9.17, 15) is 4.79 Å². The number of rotatable bonds is 5. The minimum absolute atomic E-state index is 0.186. The van der Waals surface area contributed by atoms with E-state index < -0.39 is 0 Å². The number of aromatic nitrogens is 1. The van der Waals surface area contributed by atoms with E-state index in [1.807, 2.05) is 18.2 Å². The van der Waals surface area contributed by atoms with Crippen LogP contribution in [0.25, 0.3) is 6.08 Å². The molecule has 3 rings (SSSR count). The van der Waals surface area contributed by atoms with Gasteiger partial charge in [-0.1, -0.05) is 19.4 Å². The van der Waals surface area contributed by atoms with Crippen molar-refractivity contribution in [2.75, 3.05) is 0 Å². The van der Waals surface area contributed by atoms with Gasteiger partial charge in [0, 0.05) is 30.6 Å². The third-order valence-corrected chi connectivity index (χ3v) is 5.08. The van der Waals surface area contributed by atoms with E-state index in [0.29, 0.717) is 12.1 Å². The zero-order valence-corrected chi connectivity index (χ0v) is 13.4. The van der Waals surface area contributed by atoms with Crippen molar-refractivity contribution in [2.45, 2.75) is 64.0 Å². The van der Waals surface area contributed by atoms with Crippen LogP contribution in [0.4, 0.5) is 0 Å². The van der Waals surface area contributed by atoms with Crippen molar-refractivity contribution >= 4 is 12.0 Å². The van der Waals surface area contributed by atoms with Gasteiger partial charge in [0.15, 0.2) is 0 Å². The predicted molar refractivity (Wildman–Crippen MR) is 89.2 cm³/mol. The van der Waals surface area contributed by atoms with Gasteiger partial charge in [-0.05, 0) is 62.1 Å². The molecule has 0 bridgehead atoms. The summed E-state index contributed by atoms with van der Waals surface area (Å²) in [6.45, 7) is 2.28. The van der Waals surface area contributed by atoms with Crippen molar-refractivity contribution < 1.29 is 4.79 Å². The largest absolute Gasteiger partial charge is 0.333 e. The van der Waals surface area contributed by atoms with Crippen molar-refractivity contribution in [2.24, 2.45) is 5.92 Å². The van der Waals surface area contributed by atoms with Crippen molar-refractivity contribution in [3.63, 3.8) is 0 Å². The van der Waals surface area contributed by atoms with Crippen LogP contribution in [0.5, 0.6) is 0 Å². The number of pyridine rings is 1. The molecule has 2 aliphatic rings. The first-order valence-corrected chi connectivity index (χ1v) is 8.68. The zero-order valence-electron chi connectivity index (χ0n) is 13.4. The minimum Gasteiger partial charge on any atom is -0.333 e. The van der Waals surface area contributed by atoms with Crippen molar-refractivity contribution in [1.29, 1.82) is 0 Å². The lowest BCUT2D eigenvalue weighted by Gasteiger charge is -2.36. The van der Waals surface area contributed by atoms with E-state index in [0.717, 1.165) is 11.5 Å². The summed E-state index contributed by atoms with van der Waals surface area (Å²) in [5.41, 5.74) is 0.987. The Morgan fingerprint density at radius 2 is 1.91 bits per heavy atom. The van der Waals surface area contributed by atoms with Crippen LogP contribution in [0.3, 0.4) is 0 Å². The van der Waals surface area contributed by atoms with Crippen LogP contribution in [0.1, 0.15) is 57.4 Å². The van der Waals surface area contributed by atoms with Crippen LogP contribution in [-0.2, 0) is 4.79 Å². The fourth-order valence-electron chi connectivity index (χ4n) is 3.57. The summed E-state index contributed by atoms with van der Waals surface area (Å²) >= 11 is 0. The second-order valence-corrected chi connectivity index (χ2v) is 6.68. The maximum atomic E-state index is 12.7. The summed E-state index contributed by atoms with van der Waals surface area (Å²) in [6.07, 6.45) is 15.7. The van der Waals surface area contributed by atoms with Crippen molar-refractivity contribution in [3.8, 4) is 0 Å². The quantitative estimate of drug-likeness (QED) is 0.768. The van der Waals surface area contributed by atoms with Gasteiger partial charge in [-0.3, -0.25) is 9.78 Å². The Bertz CT molecular complexity index is 513. The van der Waals surface area contributed by atoms with Crippen LogP contribution in [0.15, 0.2) is 30.6 Å². The molecule has 1 amide bonds. The van der Waals surface area contributed by atoms with E-state index in [-0.39, 0.29) is 5.91 Å². The van der Waals surface area contributed by atoms with Crippen molar-refractivity contribution in [1.82, 2.24) is 9.88 Å². The molecule has 2 aliphatic carbocycles. The molecule has 0 saturated heterocycles. The number of hydrogen-bond acceptors (Lipinski definition) is 2. The van der Waals surface area contributed by atoms with Crippen LogP contribution < -0.4 is 0 Å². The fraction of sp³-hybridized carbons (Fsp3) is 0.579. The van der Waals surface area contributed by atoms with E-state index in [1.54, 1.807) is 18.5 Å². The van der Waals surface area contributed by atoms with Gasteiger partial charge in [0.25, 0.3) is 0 Å². The molecule has 3 heteroatoms. The Morgan fingerprint density at radius 3 is 2.45 bits per heavy atom. The van der Waals surface area contributed by atoms with Gasteiger partial charge in [0.1, 0.15) is 0 Å². The highest BCUT2D eigenvalue weighted by atomic mass is 16.2. The number of amides is 1. The maximum Gasteiger partial charge on any atom is 0.247 e. The van der Waals surface area contributed by atoms with Crippen LogP contribution in [0, 0.1) is 5.92 Å². The van der Waals surface area contributed by atoms with Gasteiger partial charge >= 0.3 is 0 Å². The lowest BCUT2D eigenvalue weighted by molar-refractivity contribution is -0.129. The highest BCUT2D eigenvalue weighted by molar-refractivity contribution is 5.92. The molecule has 0 aromatic carbocycles. The molecule has 118 valence electrons. The topological polar surface area (TPSA) is 33.2 Å². The molecule has 0 N–H and O–H groups in total. The van der Waals surface area contributed by atoms with Gasteiger partial charge in [-0.15, -0.1) is 0 Å². The summed E-state index contributed by atoms with van der Waals surface area (Å²) in [5.74, 6) is 1.06. The first-order chi connectivity index (χ1) is 10.8. The van der Waals surface area contributed by atoms with Gasteiger partial charge in [0.05, 0.1) is 0 Å². The number of carbonyl (C=O) groups is 1. The van der Waals surface area contributed by atoms with Crippen LogP contribution in [-0.4, -0.2) is 27.9 Å². The molecule has 1 aromatic heterocycles. The standard InChI is InChI=1S/C19H26N2O/c1-2-15-5-8-17(9-6-15)21(18-10-11-18)19(22)12-7-16-4-3-13-20-14-16/h3-4,7,12-15,17-18H,2,5-6,8-11H2,1H3/b12-7+. The summed E-state index contributed by atoms with van der Waals surface area (Å²) < 4.78 is 0. The molecule has 0 aliphatic heterocycles. The average Bonchev–Trinajstić information content (AvgIpc) is 3.40. The molecule has 1 heterocycles. The molecule has 0 unspecified atom stereocenters. The Morgan fingerprint density at radius 1 is 1.23 bits per heavy atom. The lowest BCUT2D eigenvalue weighted by atomic mass is 9.84.